The molecule has 0 unspecified atom stereocenters. The molecule has 26 heavy (non-hydrogen) atoms. The van der Waals surface area contributed by atoms with Crippen LogP contribution in [0, 0.1) is 6.92 Å². The molecule has 0 spiro atoms. The first-order chi connectivity index (χ1) is 12.5. The maximum Gasteiger partial charge on any atom is 0.267 e. The van der Waals surface area contributed by atoms with Crippen molar-refractivity contribution in [2.45, 2.75) is 16.7 Å². The second kappa shape index (κ2) is 7.83. The number of halogens is 1. The van der Waals surface area contributed by atoms with Gasteiger partial charge < -0.3 is 5.73 Å². The molecule has 0 aliphatic carbocycles. The Labute approximate surface area is 161 Å². The number of carbonyl (C=O) groups excluding carboxylic acids is 1. The number of hydrogen-bond acceptors (Lipinski definition) is 4. The minimum atomic E-state index is -0.424. The van der Waals surface area contributed by atoms with Crippen molar-refractivity contribution in [1.82, 2.24) is 5.43 Å². The summed E-state index contributed by atoms with van der Waals surface area (Å²) < 4.78 is 0. The third kappa shape index (κ3) is 3.85. The number of aryl methyl sites for hydroxylation is 1. The van der Waals surface area contributed by atoms with E-state index < -0.39 is 5.91 Å². The summed E-state index contributed by atoms with van der Waals surface area (Å²) in [5, 5.41) is 0.600. The van der Waals surface area contributed by atoms with E-state index in [2.05, 4.69) is 5.43 Å². The first-order valence-electron chi connectivity index (χ1n) is 7.93. The van der Waals surface area contributed by atoms with Crippen LogP contribution in [0.2, 0.25) is 5.02 Å². The number of nitrogens with two attached hydrogens (primary N) is 2. The quantitative estimate of drug-likeness (QED) is 0.265. The number of nitrogen functional groups attached to an aromatic ring is 2. The monoisotopic (exact) mass is 383 g/mol. The second-order valence-electron chi connectivity index (χ2n) is 5.80. The van der Waals surface area contributed by atoms with E-state index in [1.165, 1.54) is 0 Å². The second-order valence-corrected chi connectivity index (χ2v) is 7.35. The molecule has 3 aromatic rings. The van der Waals surface area contributed by atoms with E-state index in [4.69, 9.17) is 23.2 Å². The predicted octanol–water partition coefficient (Wildman–Crippen LogP) is 4.65. The van der Waals surface area contributed by atoms with Crippen molar-refractivity contribution in [3.63, 3.8) is 0 Å². The van der Waals surface area contributed by atoms with Crippen LogP contribution < -0.4 is 17.0 Å². The van der Waals surface area contributed by atoms with E-state index in [0.717, 1.165) is 26.5 Å². The smallest absolute Gasteiger partial charge is 0.267 e. The van der Waals surface area contributed by atoms with Gasteiger partial charge in [-0.2, -0.15) is 0 Å². The number of rotatable bonds is 4. The van der Waals surface area contributed by atoms with E-state index >= 15 is 0 Å². The van der Waals surface area contributed by atoms with Gasteiger partial charge in [0.2, 0.25) is 0 Å². The number of amides is 1. The first kappa shape index (κ1) is 18.3. The molecule has 4 nitrogen and oxygen atoms in total. The van der Waals surface area contributed by atoms with Crippen LogP contribution in [0.3, 0.4) is 0 Å². The lowest BCUT2D eigenvalue weighted by Crippen LogP contribution is -2.30. The van der Waals surface area contributed by atoms with Crippen molar-refractivity contribution in [2.75, 3.05) is 5.73 Å². The molecule has 0 radical (unpaired) electrons. The molecule has 0 heterocycles. The third-order valence-corrected chi connectivity index (χ3v) is 5.22. The Balaban J connectivity index is 2.16. The van der Waals surface area contributed by atoms with Crippen molar-refractivity contribution >= 4 is 35.0 Å². The van der Waals surface area contributed by atoms with E-state index in [-0.39, 0.29) is 0 Å². The lowest BCUT2D eigenvalue weighted by Gasteiger charge is -2.15. The molecule has 0 aliphatic heterocycles. The fourth-order valence-corrected chi connectivity index (χ4v) is 3.84. The van der Waals surface area contributed by atoms with Gasteiger partial charge in [0, 0.05) is 20.4 Å². The van der Waals surface area contributed by atoms with Gasteiger partial charge in [0.1, 0.15) is 0 Å². The van der Waals surface area contributed by atoms with E-state index in [1.807, 2.05) is 61.5 Å². The summed E-state index contributed by atoms with van der Waals surface area (Å²) in [5.74, 6) is 4.86. The van der Waals surface area contributed by atoms with Gasteiger partial charge in [0.05, 0.1) is 11.3 Å². The van der Waals surface area contributed by atoms with Gasteiger partial charge in [-0.25, -0.2) is 5.84 Å². The Morgan fingerprint density at radius 1 is 1.04 bits per heavy atom. The van der Waals surface area contributed by atoms with Gasteiger partial charge in [-0.3, -0.25) is 10.2 Å². The number of hydrogen-bond donors (Lipinski definition) is 3. The maximum absolute atomic E-state index is 12.1. The fourth-order valence-electron chi connectivity index (χ4n) is 2.70. The maximum atomic E-state index is 12.1. The molecule has 0 saturated heterocycles. The average molecular weight is 384 g/mol. The zero-order valence-corrected chi connectivity index (χ0v) is 15.7. The fraction of sp³-hybridized carbons (Fsp3) is 0.0500. The lowest BCUT2D eigenvalue weighted by molar-refractivity contribution is 0.0954. The molecule has 0 saturated carbocycles. The molecule has 3 rings (SSSR count). The van der Waals surface area contributed by atoms with Gasteiger partial charge in [-0.15, -0.1) is 0 Å². The van der Waals surface area contributed by atoms with Crippen LogP contribution in [0.15, 0.2) is 70.5 Å². The third-order valence-electron chi connectivity index (χ3n) is 3.90. The van der Waals surface area contributed by atoms with E-state index in [1.54, 1.807) is 17.8 Å². The van der Waals surface area contributed by atoms with Gasteiger partial charge in [-0.1, -0.05) is 41.6 Å². The van der Waals surface area contributed by atoms with Gasteiger partial charge >= 0.3 is 0 Å². The largest absolute Gasteiger partial charge is 0.398 e. The molecule has 0 atom stereocenters. The number of carbonyl (C=O) groups is 1. The van der Waals surface area contributed by atoms with E-state index in [0.29, 0.717) is 16.3 Å². The van der Waals surface area contributed by atoms with Crippen LogP contribution in [0.4, 0.5) is 5.69 Å². The van der Waals surface area contributed by atoms with Crippen LogP contribution in [0.25, 0.3) is 11.1 Å². The van der Waals surface area contributed by atoms with Crippen molar-refractivity contribution in [2.24, 2.45) is 5.84 Å². The first-order valence-corrected chi connectivity index (χ1v) is 9.13. The number of hydrazine groups is 1. The Hall–Kier alpha value is -2.47. The summed E-state index contributed by atoms with van der Waals surface area (Å²) in [6.07, 6.45) is 0. The number of anilines is 1. The molecule has 5 N–H and O–H groups in total. The predicted molar refractivity (Wildman–Crippen MR) is 108 cm³/mol. The van der Waals surface area contributed by atoms with Crippen LogP contribution in [0.5, 0.6) is 0 Å². The highest BCUT2D eigenvalue weighted by atomic mass is 35.5. The molecule has 0 fully saturated rings. The summed E-state index contributed by atoms with van der Waals surface area (Å²) in [5.41, 5.74) is 11.7. The standard InChI is InChI=1S/C20H18ClN3OS/c1-12-9-16(19(22)17(10-12)20(25)24-23)15-11-13(21)7-8-18(15)26-14-5-3-2-4-6-14/h2-11H,22-23H2,1H3,(H,24,25). The molecule has 1 amide bonds. The lowest BCUT2D eigenvalue weighted by atomic mass is 9.97. The zero-order chi connectivity index (χ0) is 18.7. The highest BCUT2D eigenvalue weighted by Gasteiger charge is 2.17. The average Bonchev–Trinajstić information content (AvgIpc) is 2.65. The van der Waals surface area contributed by atoms with Gasteiger partial charge in [0.15, 0.2) is 0 Å². The van der Waals surface area contributed by atoms with E-state index in [9.17, 15) is 4.79 Å². The minimum Gasteiger partial charge on any atom is -0.398 e. The number of nitrogens with one attached hydrogen (secondary N) is 1. The SMILES string of the molecule is Cc1cc(C(=O)NN)c(N)c(-c2cc(Cl)ccc2Sc2ccccc2)c1. The summed E-state index contributed by atoms with van der Waals surface area (Å²) in [4.78, 5) is 14.2. The zero-order valence-electron chi connectivity index (χ0n) is 14.1. The van der Waals surface area contributed by atoms with Crippen LogP contribution in [0.1, 0.15) is 15.9 Å². The molecular formula is C20H18ClN3OS. The van der Waals surface area contributed by atoms with Crippen LogP contribution >= 0.6 is 23.4 Å². The van der Waals surface area contributed by atoms with Crippen molar-refractivity contribution < 1.29 is 4.79 Å². The summed E-state index contributed by atoms with van der Waals surface area (Å²) in [7, 11) is 0. The minimum absolute atomic E-state index is 0.345. The Morgan fingerprint density at radius 2 is 1.77 bits per heavy atom. The molecule has 0 aliphatic rings. The topological polar surface area (TPSA) is 81.1 Å². The molecule has 6 heteroatoms. The highest BCUT2D eigenvalue weighted by molar-refractivity contribution is 7.99. The summed E-state index contributed by atoms with van der Waals surface area (Å²) in [6, 6.07) is 19.4. The summed E-state index contributed by atoms with van der Waals surface area (Å²) in [6.45, 7) is 1.91. The molecule has 0 aromatic heterocycles. The van der Waals surface area contributed by atoms with Crippen molar-refractivity contribution in [3.8, 4) is 11.1 Å². The molecular weight excluding hydrogens is 366 g/mol. The summed E-state index contributed by atoms with van der Waals surface area (Å²) >= 11 is 7.85. The van der Waals surface area contributed by atoms with Crippen molar-refractivity contribution in [1.29, 1.82) is 0 Å². The number of benzene rings is 3. The highest BCUT2D eigenvalue weighted by Crippen LogP contribution is 2.40. The molecule has 132 valence electrons. The van der Waals surface area contributed by atoms with Crippen LogP contribution in [-0.4, -0.2) is 5.91 Å². The normalized spacial score (nSPS) is 10.6. The molecule has 0 bridgehead atoms. The Morgan fingerprint density at radius 3 is 2.46 bits per heavy atom. The Bertz CT molecular complexity index is 961. The molecule has 3 aromatic carbocycles. The van der Waals surface area contributed by atoms with Crippen LogP contribution in [-0.2, 0) is 0 Å². The van der Waals surface area contributed by atoms with Crippen molar-refractivity contribution in [3.05, 3.63) is 76.8 Å². The Kier molecular flexibility index (Phi) is 5.52. The van der Waals surface area contributed by atoms with Gasteiger partial charge in [-0.05, 0) is 60.5 Å². The van der Waals surface area contributed by atoms with Gasteiger partial charge in [0.25, 0.3) is 5.91 Å².